The number of para-hydroxylation sites is 1. The van der Waals surface area contributed by atoms with Crippen LogP contribution < -0.4 is 10.6 Å². The van der Waals surface area contributed by atoms with E-state index in [9.17, 15) is 14.7 Å². The number of nitrogens with one attached hydrogen (secondary N) is 2. The zero-order valence-corrected chi connectivity index (χ0v) is 17.8. The molecule has 30 heavy (non-hydrogen) atoms. The van der Waals surface area contributed by atoms with E-state index in [1.807, 2.05) is 38.4 Å². The third kappa shape index (κ3) is 5.68. The monoisotopic (exact) mass is 423 g/mol. The maximum Gasteiger partial charge on any atom is 0.261 e. The Balaban J connectivity index is 1.65. The largest absolute Gasteiger partial charge is 0.507 e. The Hall–Kier alpha value is -3.16. The SMILES string of the molecule is CN(C)CCCNC(=O)c1ccc(-c2ccc(C(=O)Nc3ccccc3)c(O)c2)s1. The molecule has 1 aromatic heterocycles. The molecular weight excluding hydrogens is 398 g/mol. The van der Waals surface area contributed by atoms with Gasteiger partial charge in [-0.25, -0.2) is 0 Å². The summed E-state index contributed by atoms with van der Waals surface area (Å²) in [7, 11) is 4.00. The Kier molecular flexibility index (Phi) is 7.21. The molecule has 0 bridgehead atoms. The highest BCUT2D eigenvalue weighted by atomic mass is 32.1. The van der Waals surface area contributed by atoms with Gasteiger partial charge in [0.25, 0.3) is 11.8 Å². The van der Waals surface area contributed by atoms with Gasteiger partial charge in [0.15, 0.2) is 0 Å². The number of nitrogens with zero attached hydrogens (tertiary/aromatic N) is 1. The van der Waals surface area contributed by atoms with E-state index in [1.54, 1.807) is 36.4 Å². The van der Waals surface area contributed by atoms with Gasteiger partial charge in [-0.1, -0.05) is 24.3 Å². The van der Waals surface area contributed by atoms with Crippen LogP contribution in [0.3, 0.4) is 0 Å². The summed E-state index contributed by atoms with van der Waals surface area (Å²) in [4.78, 5) is 28.3. The molecule has 0 fully saturated rings. The van der Waals surface area contributed by atoms with Crippen molar-refractivity contribution in [3.05, 3.63) is 71.1 Å². The Morgan fingerprint density at radius 3 is 2.47 bits per heavy atom. The molecule has 0 atom stereocenters. The van der Waals surface area contributed by atoms with Gasteiger partial charge in [-0.05, 0) is 69.0 Å². The van der Waals surface area contributed by atoms with E-state index in [4.69, 9.17) is 0 Å². The van der Waals surface area contributed by atoms with Crippen LogP contribution in [0.1, 0.15) is 26.5 Å². The summed E-state index contributed by atoms with van der Waals surface area (Å²) in [6, 6.07) is 17.6. The van der Waals surface area contributed by atoms with E-state index >= 15 is 0 Å². The second-order valence-corrected chi connectivity index (χ2v) is 8.21. The van der Waals surface area contributed by atoms with Crippen LogP contribution in [0.25, 0.3) is 10.4 Å². The Morgan fingerprint density at radius 1 is 1.00 bits per heavy atom. The molecule has 0 spiro atoms. The van der Waals surface area contributed by atoms with Gasteiger partial charge in [0, 0.05) is 17.1 Å². The van der Waals surface area contributed by atoms with E-state index in [2.05, 4.69) is 15.5 Å². The van der Waals surface area contributed by atoms with Crippen LogP contribution in [0.5, 0.6) is 5.75 Å². The smallest absolute Gasteiger partial charge is 0.261 e. The van der Waals surface area contributed by atoms with Crippen molar-refractivity contribution >= 4 is 28.8 Å². The fourth-order valence-electron chi connectivity index (χ4n) is 2.90. The van der Waals surface area contributed by atoms with Crippen LogP contribution in [0.15, 0.2) is 60.7 Å². The molecule has 3 aromatic rings. The third-order valence-corrected chi connectivity index (χ3v) is 5.59. The van der Waals surface area contributed by atoms with Gasteiger partial charge >= 0.3 is 0 Å². The van der Waals surface area contributed by atoms with E-state index in [1.165, 1.54) is 11.3 Å². The van der Waals surface area contributed by atoms with Crippen molar-refractivity contribution in [3.8, 4) is 16.2 Å². The summed E-state index contributed by atoms with van der Waals surface area (Å²) in [6.45, 7) is 1.54. The molecule has 0 aliphatic heterocycles. The standard InChI is InChI=1S/C23H25N3O3S/c1-26(2)14-6-13-24-23(29)21-12-11-20(30-21)16-9-10-18(19(27)15-16)22(28)25-17-7-4-3-5-8-17/h3-5,7-12,15,27H,6,13-14H2,1-2H3,(H,24,29)(H,25,28). The van der Waals surface area contributed by atoms with Crippen molar-refractivity contribution in [2.24, 2.45) is 0 Å². The second kappa shape index (κ2) is 10.0. The number of thiophene rings is 1. The molecule has 6 nitrogen and oxygen atoms in total. The number of aromatic hydroxyl groups is 1. The van der Waals surface area contributed by atoms with E-state index in [0.717, 1.165) is 23.4 Å². The molecule has 2 aromatic carbocycles. The molecular formula is C23H25N3O3S. The van der Waals surface area contributed by atoms with Crippen LogP contribution in [-0.4, -0.2) is 49.0 Å². The van der Waals surface area contributed by atoms with Crippen molar-refractivity contribution in [2.45, 2.75) is 6.42 Å². The van der Waals surface area contributed by atoms with Crippen molar-refractivity contribution in [3.63, 3.8) is 0 Å². The zero-order chi connectivity index (χ0) is 21.5. The lowest BCUT2D eigenvalue weighted by Crippen LogP contribution is -2.26. The van der Waals surface area contributed by atoms with Crippen LogP contribution in [0.4, 0.5) is 5.69 Å². The van der Waals surface area contributed by atoms with E-state index < -0.39 is 0 Å². The first-order valence-electron chi connectivity index (χ1n) is 9.66. The first-order chi connectivity index (χ1) is 14.4. The summed E-state index contributed by atoms with van der Waals surface area (Å²) in [5, 5.41) is 16.0. The second-order valence-electron chi connectivity index (χ2n) is 7.13. The summed E-state index contributed by atoms with van der Waals surface area (Å²) in [5.41, 5.74) is 1.60. The van der Waals surface area contributed by atoms with Crippen molar-refractivity contribution in [1.29, 1.82) is 0 Å². The predicted molar refractivity (Wildman–Crippen MR) is 121 cm³/mol. The fourth-order valence-corrected chi connectivity index (χ4v) is 3.81. The number of anilines is 1. The number of phenols is 1. The number of hydrogen-bond donors (Lipinski definition) is 3. The molecule has 0 aliphatic carbocycles. The minimum atomic E-state index is -0.380. The van der Waals surface area contributed by atoms with Gasteiger partial charge in [0.05, 0.1) is 10.4 Å². The normalized spacial score (nSPS) is 10.8. The fraction of sp³-hybridized carbons (Fsp3) is 0.217. The molecule has 0 aliphatic rings. The summed E-state index contributed by atoms with van der Waals surface area (Å²) < 4.78 is 0. The number of carbonyl (C=O) groups excluding carboxylic acids is 2. The average Bonchev–Trinajstić information content (AvgIpc) is 3.22. The van der Waals surface area contributed by atoms with Crippen LogP contribution in [0, 0.1) is 0 Å². The third-order valence-electron chi connectivity index (χ3n) is 4.46. The van der Waals surface area contributed by atoms with E-state index in [0.29, 0.717) is 17.1 Å². The van der Waals surface area contributed by atoms with Gasteiger partial charge in [-0.3, -0.25) is 9.59 Å². The van der Waals surface area contributed by atoms with Crippen LogP contribution in [0.2, 0.25) is 0 Å². The molecule has 0 saturated carbocycles. The summed E-state index contributed by atoms with van der Waals surface area (Å²) in [5.74, 6) is -0.591. The molecule has 0 unspecified atom stereocenters. The first kappa shape index (κ1) is 21.5. The van der Waals surface area contributed by atoms with Crippen molar-refractivity contribution in [1.82, 2.24) is 10.2 Å². The predicted octanol–water partition coefficient (Wildman–Crippen LogP) is 4.05. The lowest BCUT2D eigenvalue weighted by atomic mass is 10.1. The Labute approximate surface area is 180 Å². The van der Waals surface area contributed by atoms with Crippen molar-refractivity contribution in [2.75, 3.05) is 32.5 Å². The molecule has 156 valence electrons. The highest BCUT2D eigenvalue weighted by molar-refractivity contribution is 7.17. The maximum atomic E-state index is 12.4. The van der Waals surface area contributed by atoms with Gasteiger partial charge in [0.1, 0.15) is 5.75 Å². The highest BCUT2D eigenvalue weighted by Gasteiger charge is 2.15. The molecule has 2 amide bonds. The number of carbonyl (C=O) groups is 2. The molecule has 0 saturated heterocycles. The summed E-state index contributed by atoms with van der Waals surface area (Å²) >= 11 is 1.35. The minimum absolute atomic E-state index is 0.104. The zero-order valence-electron chi connectivity index (χ0n) is 17.0. The maximum absolute atomic E-state index is 12.4. The lowest BCUT2D eigenvalue weighted by molar-refractivity contribution is 0.0955. The van der Waals surface area contributed by atoms with Gasteiger partial charge in [-0.15, -0.1) is 11.3 Å². The van der Waals surface area contributed by atoms with Crippen LogP contribution in [-0.2, 0) is 0 Å². The molecule has 3 rings (SSSR count). The van der Waals surface area contributed by atoms with Gasteiger partial charge in [0.2, 0.25) is 0 Å². The molecule has 0 radical (unpaired) electrons. The van der Waals surface area contributed by atoms with Gasteiger partial charge in [-0.2, -0.15) is 0 Å². The van der Waals surface area contributed by atoms with Gasteiger partial charge < -0.3 is 20.6 Å². The van der Waals surface area contributed by atoms with Crippen LogP contribution >= 0.6 is 11.3 Å². The average molecular weight is 424 g/mol. The number of benzene rings is 2. The first-order valence-corrected chi connectivity index (χ1v) is 10.5. The van der Waals surface area contributed by atoms with E-state index in [-0.39, 0.29) is 23.1 Å². The summed E-state index contributed by atoms with van der Waals surface area (Å²) in [6.07, 6.45) is 0.886. The Morgan fingerprint density at radius 2 is 1.77 bits per heavy atom. The van der Waals surface area contributed by atoms with Crippen molar-refractivity contribution < 1.29 is 14.7 Å². The number of phenolic OH excluding ortho intramolecular Hbond substituents is 1. The topological polar surface area (TPSA) is 81.7 Å². The quantitative estimate of drug-likeness (QED) is 0.478. The number of amides is 2. The molecule has 3 N–H and O–H groups in total. The molecule has 1 heterocycles. The molecule has 7 heteroatoms. The minimum Gasteiger partial charge on any atom is -0.507 e. The highest BCUT2D eigenvalue weighted by Crippen LogP contribution is 2.32. The lowest BCUT2D eigenvalue weighted by Gasteiger charge is -2.09. The Bertz CT molecular complexity index is 1020. The number of rotatable bonds is 8. The number of hydrogen-bond acceptors (Lipinski definition) is 5.